The number of nitrogens with two attached hydrogens (primary N) is 1. The van der Waals surface area contributed by atoms with Gasteiger partial charge >= 0.3 is 0 Å². The predicted molar refractivity (Wildman–Crippen MR) is 51.3 cm³/mol. The standard InChI is InChI=1S/C9H14N2S/c10-6-9(3-1-2-4-9)8-5-11-7-12-8/h5,7H,1-4,6,10H2. The van der Waals surface area contributed by atoms with E-state index in [-0.39, 0.29) is 0 Å². The van der Waals surface area contributed by atoms with Crippen LogP contribution in [0.3, 0.4) is 0 Å². The minimum absolute atomic E-state index is 0.293. The van der Waals surface area contributed by atoms with E-state index in [9.17, 15) is 0 Å². The van der Waals surface area contributed by atoms with Gasteiger partial charge in [-0.05, 0) is 12.8 Å². The molecule has 0 aromatic carbocycles. The summed E-state index contributed by atoms with van der Waals surface area (Å²) in [6.07, 6.45) is 7.16. The molecule has 2 rings (SSSR count). The molecule has 66 valence electrons. The Morgan fingerprint density at radius 2 is 2.25 bits per heavy atom. The van der Waals surface area contributed by atoms with Crippen molar-refractivity contribution in [1.82, 2.24) is 4.98 Å². The van der Waals surface area contributed by atoms with Crippen molar-refractivity contribution in [2.75, 3.05) is 6.54 Å². The summed E-state index contributed by atoms with van der Waals surface area (Å²) in [5.74, 6) is 0. The Labute approximate surface area is 76.8 Å². The van der Waals surface area contributed by atoms with E-state index in [1.54, 1.807) is 11.3 Å². The van der Waals surface area contributed by atoms with Gasteiger partial charge in [0, 0.05) is 23.0 Å². The largest absolute Gasteiger partial charge is 0.330 e. The van der Waals surface area contributed by atoms with Crippen molar-refractivity contribution in [3.63, 3.8) is 0 Å². The molecule has 0 aliphatic heterocycles. The van der Waals surface area contributed by atoms with Crippen molar-refractivity contribution in [3.8, 4) is 0 Å². The summed E-state index contributed by atoms with van der Waals surface area (Å²) in [7, 11) is 0. The van der Waals surface area contributed by atoms with Gasteiger partial charge in [0.1, 0.15) is 0 Å². The maximum absolute atomic E-state index is 5.84. The first-order chi connectivity index (χ1) is 5.87. The number of aromatic nitrogens is 1. The second-order valence-electron chi connectivity index (χ2n) is 3.56. The van der Waals surface area contributed by atoms with Crippen LogP contribution in [-0.2, 0) is 5.41 Å². The highest BCUT2D eigenvalue weighted by Gasteiger charge is 2.35. The van der Waals surface area contributed by atoms with Crippen LogP contribution in [0.2, 0.25) is 0 Å². The minimum atomic E-state index is 0.293. The number of hydrogen-bond acceptors (Lipinski definition) is 3. The quantitative estimate of drug-likeness (QED) is 0.759. The molecule has 0 bridgehead atoms. The topological polar surface area (TPSA) is 38.9 Å². The Morgan fingerprint density at radius 3 is 2.75 bits per heavy atom. The van der Waals surface area contributed by atoms with Crippen molar-refractivity contribution >= 4 is 11.3 Å². The predicted octanol–water partition coefficient (Wildman–Crippen LogP) is 1.91. The highest BCUT2D eigenvalue weighted by atomic mass is 32.1. The Bertz CT molecular complexity index is 237. The van der Waals surface area contributed by atoms with Crippen molar-refractivity contribution in [2.45, 2.75) is 31.1 Å². The van der Waals surface area contributed by atoms with Crippen molar-refractivity contribution < 1.29 is 0 Å². The lowest BCUT2D eigenvalue weighted by molar-refractivity contribution is 0.461. The molecule has 12 heavy (non-hydrogen) atoms. The fourth-order valence-corrected chi connectivity index (χ4v) is 2.98. The van der Waals surface area contributed by atoms with Gasteiger partial charge in [-0.15, -0.1) is 11.3 Å². The third-order valence-electron chi connectivity index (χ3n) is 2.91. The van der Waals surface area contributed by atoms with Crippen LogP contribution in [0, 0.1) is 0 Å². The lowest BCUT2D eigenvalue weighted by Gasteiger charge is -2.24. The summed E-state index contributed by atoms with van der Waals surface area (Å²) < 4.78 is 0. The fourth-order valence-electron chi connectivity index (χ4n) is 2.08. The van der Waals surface area contributed by atoms with Gasteiger partial charge in [-0.1, -0.05) is 12.8 Å². The molecular formula is C9H14N2S. The minimum Gasteiger partial charge on any atom is -0.330 e. The summed E-state index contributed by atoms with van der Waals surface area (Å²) in [4.78, 5) is 5.51. The van der Waals surface area contributed by atoms with E-state index in [0.29, 0.717) is 5.41 Å². The molecule has 1 fully saturated rings. The monoisotopic (exact) mass is 182 g/mol. The summed E-state index contributed by atoms with van der Waals surface area (Å²) in [6, 6.07) is 0. The van der Waals surface area contributed by atoms with Gasteiger partial charge in [-0.3, -0.25) is 4.98 Å². The highest BCUT2D eigenvalue weighted by Crippen LogP contribution is 2.41. The summed E-state index contributed by atoms with van der Waals surface area (Å²) in [5, 5.41) is 0. The van der Waals surface area contributed by atoms with E-state index in [2.05, 4.69) is 4.98 Å². The van der Waals surface area contributed by atoms with Crippen LogP contribution in [-0.4, -0.2) is 11.5 Å². The van der Waals surface area contributed by atoms with E-state index in [1.807, 2.05) is 11.7 Å². The fraction of sp³-hybridized carbons (Fsp3) is 0.667. The lowest BCUT2D eigenvalue weighted by atomic mass is 9.85. The molecule has 0 radical (unpaired) electrons. The zero-order chi connectivity index (χ0) is 8.44. The van der Waals surface area contributed by atoms with Crippen LogP contribution in [0.15, 0.2) is 11.7 Å². The van der Waals surface area contributed by atoms with E-state index in [4.69, 9.17) is 5.73 Å². The van der Waals surface area contributed by atoms with Gasteiger partial charge < -0.3 is 5.73 Å². The molecule has 1 saturated carbocycles. The molecule has 0 saturated heterocycles. The van der Waals surface area contributed by atoms with Crippen LogP contribution in [0.5, 0.6) is 0 Å². The van der Waals surface area contributed by atoms with Crippen molar-refractivity contribution in [2.24, 2.45) is 5.73 Å². The highest BCUT2D eigenvalue weighted by molar-refractivity contribution is 7.09. The Morgan fingerprint density at radius 1 is 1.50 bits per heavy atom. The average molecular weight is 182 g/mol. The summed E-state index contributed by atoms with van der Waals surface area (Å²) in [6.45, 7) is 0.787. The van der Waals surface area contributed by atoms with E-state index in [0.717, 1.165) is 6.54 Å². The van der Waals surface area contributed by atoms with Gasteiger partial charge in [0.05, 0.1) is 5.51 Å². The maximum Gasteiger partial charge on any atom is 0.0794 e. The second kappa shape index (κ2) is 3.15. The molecule has 0 amide bonds. The molecule has 1 aliphatic rings. The van der Waals surface area contributed by atoms with Crippen molar-refractivity contribution in [3.05, 3.63) is 16.6 Å². The number of hydrogen-bond donors (Lipinski definition) is 1. The molecule has 1 heterocycles. The molecule has 1 aliphatic carbocycles. The van der Waals surface area contributed by atoms with Gasteiger partial charge in [-0.2, -0.15) is 0 Å². The smallest absolute Gasteiger partial charge is 0.0794 e. The van der Waals surface area contributed by atoms with Crippen LogP contribution in [0.25, 0.3) is 0 Å². The van der Waals surface area contributed by atoms with E-state index in [1.165, 1.54) is 30.6 Å². The van der Waals surface area contributed by atoms with Gasteiger partial charge in [0.25, 0.3) is 0 Å². The number of thiazole rings is 1. The molecule has 0 unspecified atom stereocenters. The first-order valence-corrected chi connectivity index (χ1v) is 5.34. The average Bonchev–Trinajstić information content (AvgIpc) is 2.76. The van der Waals surface area contributed by atoms with Crippen molar-refractivity contribution in [1.29, 1.82) is 0 Å². The normalized spacial score (nSPS) is 21.4. The maximum atomic E-state index is 5.84. The molecule has 1 aromatic heterocycles. The van der Waals surface area contributed by atoms with Crippen LogP contribution in [0.4, 0.5) is 0 Å². The second-order valence-corrected chi connectivity index (χ2v) is 4.44. The lowest BCUT2D eigenvalue weighted by Crippen LogP contribution is -2.30. The van der Waals surface area contributed by atoms with Crippen LogP contribution >= 0.6 is 11.3 Å². The number of rotatable bonds is 2. The van der Waals surface area contributed by atoms with Gasteiger partial charge in [0.2, 0.25) is 0 Å². The summed E-state index contributed by atoms with van der Waals surface area (Å²) in [5.41, 5.74) is 8.04. The molecule has 0 spiro atoms. The third kappa shape index (κ3) is 1.17. The molecule has 2 N–H and O–H groups in total. The van der Waals surface area contributed by atoms with Gasteiger partial charge in [-0.25, -0.2) is 0 Å². The van der Waals surface area contributed by atoms with Crippen LogP contribution in [0.1, 0.15) is 30.6 Å². The summed E-state index contributed by atoms with van der Waals surface area (Å²) >= 11 is 1.75. The number of nitrogens with zero attached hydrogens (tertiary/aromatic N) is 1. The zero-order valence-corrected chi connectivity index (χ0v) is 7.94. The first-order valence-electron chi connectivity index (χ1n) is 4.46. The molecular weight excluding hydrogens is 168 g/mol. The van der Waals surface area contributed by atoms with Gasteiger partial charge in [0.15, 0.2) is 0 Å². The molecule has 1 aromatic rings. The zero-order valence-electron chi connectivity index (χ0n) is 7.12. The van der Waals surface area contributed by atoms with Crippen LogP contribution < -0.4 is 5.73 Å². The third-order valence-corrected chi connectivity index (χ3v) is 3.93. The molecule has 0 atom stereocenters. The Hall–Kier alpha value is -0.410. The Balaban J connectivity index is 2.28. The Kier molecular flexibility index (Phi) is 2.15. The SMILES string of the molecule is NCC1(c2cncs2)CCCC1. The van der Waals surface area contributed by atoms with E-state index >= 15 is 0 Å². The first kappa shape index (κ1) is 8.20. The molecule has 3 heteroatoms. The molecule has 2 nitrogen and oxygen atoms in total. The van der Waals surface area contributed by atoms with E-state index < -0.39 is 0 Å².